The second-order valence-electron chi connectivity index (χ2n) is 20.5. The van der Waals surface area contributed by atoms with Crippen LogP contribution in [0.1, 0.15) is 68.3 Å². The molecule has 6 aromatic rings. The third-order valence-corrected chi connectivity index (χ3v) is 13.7. The van der Waals surface area contributed by atoms with Crippen LogP contribution in [-0.4, -0.2) is 130 Å². The number of carbonyl (C=O) groups excluding carboxylic acids is 8. The van der Waals surface area contributed by atoms with Gasteiger partial charge < -0.3 is 75.9 Å². The van der Waals surface area contributed by atoms with E-state index in [1.807, 2.05) is 66.7 Å². The number of hydrogen-bond acceptors (Lipinski definition) is 12. The Kier molecular flexibility index (Phi) is 23.5. The summed E-state index contributed by atoms with van der Waals surface area (Å²) in [4.78, 5) is 126. The van der Waals surface area contributed by atoms with E-state index < -0.39 is 96.1 Å². The van der Waals surface area contributed by atoms with E-state index in [9.17, 15) is 38.4 Å². The highest BCUT2D eigenvalue weighted by Gasteiger charge is 2.33. The van der Waals surface area contributed by atoms with Crippen LogP contribution < -0.4 is 65.9 Å². The number of rotatable bonds is 32. The van der Waals surface area contributed by atoms with Gasteiger partial charge in [-0.05, 0) is 78.1 Å². The lowest BCUT2D eigenvalue weighted by atomic mass is 9.99. The van der Waals surface area contributed by atoms with E-state index in [1.54, 1.807) is 50.4 Å². The molecule has 7 atom stereocenters. The molecule has 6 rings (SSSR count). The lowest BCUT2D eigenvalue weighted by Gasteiger charge is -2.26. The number of nitrogens with two attached hydrogens (primary N) is 5. The van der Waals surface area contributed by atoms with E-state index >= 15 is 0 Å². The van der Waals surface area contributed by atoms with Crippen LogP contribution in [0.5, 0.6) is 0 Å². The Morgan fingerprint density at radius 2 is 1.18 bits per heavy atom. The molecule has 0 fully saturated rings. The Bertz CT molecular complexity index is 3140. The minimum absolute atomic E-state index is 0.00396. The second kappa shape index (κ2) is 31.0. The van der Waals surface area contributed by atoms with Crippen LogP contribution in [0, 0.1) is 5.92 Å². The maximum absolute atomic E-state index is 14.7. The Labute approximate surface area is 475 Å². The molecule has 82 heavy (non-hydrogen) atoms. The zero-order valence-corrected chi connectivity index (χ0v) is 46.1. The first-order valence-corrected chi connectivity index (χ1v) is 27.3. The van der Waals surface area contributed by atoms with Gasteiger partial charge in [-0.1, -0.05) is 105 Å². The van der Waals surface area contributed by atoms with Gasteiger partial charge in [-0.2, -0.15) is 0 Å². The van der Waals surface area contributed by atoms with Gasteiger partial charge in [0.15, 0.2) is 5.96 Å². The van der Waals surface area contributed by atoms with Crippen molar-refractivity contribution in [2.24, 2.45) is 39.6 Å². The summed E-state index contributed by atoms with van der Waals surface area (Å²) in [5, 5.41) is 21.7. The number of hydrogen-bond donors (Lipinski definition) is 14. The fourth-order valence-corrected chi connectivity index (χ4v) is 9.31. The van der Waals surface area contributed by atoms with E-state index in [2.05, 4.69) is 57.2 Å². The van der Waals surface area contributed by atoms with Crippen LogP contribution in [0.4, 0.5) is 0 Å². The third-order valence-electron chi connectivity index (χ3n) is 13.7. The smallest absolute Gasteiger partial charge is 0.243 e. The van der Waals surface area contributed by atoms with Crippen molar-refractivity contribution in [1.29, 1.82) is 0 Å². The van der Waals surface area contributed by atoms with Gasteiger partial charge in [0.2, 0.25) is 47.3 Å². The topological polar surface area (TPSA) is 408 Å². The van der Waals surface area contributed by atoms with E-state index in [1.165, 1.54) is 12.5 Å². The van der Waals surface area contributed by atoms with Gasteiger partial charge in [0, 0.05) is 61.2 Å². The van der Waals surface area contributed by atoms with Crippen molar-refractivity contribution in [1.82, 2.24) is 52.2 Å². The normalized spacial score (nSPS) is 13.8. The highest BCUT2D eigenvalue weighted by molar-refractivity contribution is 5.98. The summed E-state index contributed by atoms with van der Waals surface area (Å²) in [6.45, 7) is 3.16. The number of nitrogens with zero attached hydrogens (tertiary/aromatic N) is 2. The zero-order chi connectivity index (χ0) is 59.1. The molecule has 0 saturated carbocycles. The second-order valence-corrected chi connectivity index (χ2v) is 20.5. The van der Waals surface area contributed by atoms with E-state index in [-0.39, 0.29) is 63.4 Å². The number of aromatic amines is 2. The van der Waals surface area contributed by atoms with Gasteiger partial charge in [-0.3, -0.25) is 43.3 Å². The predicted octanol–water partition coefficient (Wildman–Crippen LogP) is -0.00900. The number of H-pyrrole nitrogens is 2. The number of primary amides is 1. The minimum Gasteiger partial charge on any atom is -0.370 e. The fourth-order valence-electron chi connectivity index (χ4n) is 9.31. The van der Waals surface area contributed by atoms with Crippen molar-refractivity contribution in [3.63, 3.8) is 0 Å². The summed E-state index contributed by atoms with van der Waals surface area (Å²) < 4.78 is 0. The molecule has 436 valence electrons. The number of guanidine groups is 1. The Balaban J connectivity index is 1.22. The van der Waals surface area contributed by atoms with Gasteiger partial charge in [-0.25, -0.2) is 4.98 Å². The molecule has 8 amide bonds. The quantitative estimate of drug-likeness (QED) is 0.0150. The molecule has 19 N–H and O–H groups in total. The summed E-state index contributed by atoms with van der Waals surface area (Å²) in [5.41, 5.74) is 32.4. The molecule has 2 aromatic heterocycles. The molecule has 0 bridgehead atoms. The van der Waals surface area contributed by atoms with Crippen molar-refractivity contribution in [2.75, 3.05) is 19.6 Å². The lowest BCUT2D eigenvalue weighted by molar-refractivity contribution is -0.134. The van der Waals surface area contributed by atoms with Crippen LogP contribution in [-0.2, 0) is 64.0 Å². The molecule has 0 aliphatic carbocycles. The minimum atomic E-state index is -1.36. The molecule has 4 aromatic carbocycles. The van der Waals surface area contributed by atoms with Gasteiger partial charge in [0.05, 0.1) is 18.9 Å². The number of unbranched alkanes of at least 4 members (excludes halogenated alkanes) is 1. The lowest BCUT2D eigenvalue weighted by Crippen LogP contribution is -2.59. The van der Waals surface area contributed by atoms with Crippen molar-refractivity contribution in [2.45, 2.75) is 114 Å². The van der Waals surface area contributed by atoms with Crippen LogP contribution in [0.25, 0.3) is 21.7 Å². The maximum Gasteiger partial charge on any atom is 0.243 e. The van der Waals surface area contributed by atoms with Crippen molar-refractivity contribution < 1.29 is 38.4 Å². The van der Waals surface area contributed by atoms with Crippen LogP contribution >= 0.6 is 0 Å². The molecule has 24 nitrogen and oxygen atoms in total. The van der Waals surface area contributed by atoms with Gasteiger partial charge >= 0.3 is 0 Å². The number of para-hydroxylation sites is 1. The molecule has 2 heterocycles. The predicted molar refractivity (Wildman–Crippen MR) is 312 cm³/mol. The fraction of sp³-hybridized carbons (Fsp3) is 0.379. The number of nitrogens with one attached hydrogen (secondary N) is 9. The highest BCUT2D eigenvalue weighted by Crippen LogP contribution is 2.21. The molecule has 0 unspecified atom stereocenters. The largest absolute Gasteiger partial charge is 0.370 e. The molecule has 0 radical (unpaired) electrons. The van der Waals surface area contributed by atoms with Crippen LogP contribution in [0.15, 0.2) is 121 Å². The SMILES string of the molecule is CC(C)[C@H](NC(=O)[C@H](Cc1ccccc1)NC(=O)[C@H](CCCCN)NC(=O)CNC(=O)[C@H](Cc1c[nH]c2ccccc12)NC(=O)[C@H](CCCN=C(N)N)NC(=O)[C@@H](Cc1ccc2ccccc2c1)NC(=O)[C@@H](N)Cc1cnc[nH]1)C(N)=O. The van der Waals surface area contributed by atoms with Crippen molar-refractivity contribution in [3.05, 3.63) is 138 Å². The molecular weight excluding hydrogens is 1050 g/mol. The summed E-state index contributed by atoms with van der Waals surface area (Å²) in [7, 11) is 0. The highest BCUT2D eigenvalue weighted by atomic mass is 16.2. The average Bonchev–Trinajstić information content (AvgIpc) is 4.24. The first kappa shape index (κ1) is 62.0. The molecule has 24 heteroatoms. The van der Waals surface area contributed by atoms with Crippen LogP contribution in [0.3, 0.4) is 0 Å². The first-order chi connectivity index (χ1) is 39.4. The number of aliphatic imine (C=N–C) groups is 1. The molecular formula is C58H76N16O8. The van der Waals surface area contributed by atoms with Gasteiger partial charge in [-0.15, -0.1) is 0 Å². The van der Waals surface area contributed by atoms with E-state index in [4.69, 9.17) is 28.7 Å². The summed E-state index contributed by atoms with van der Waals surface area (Å²) in [6.07, 6.45) is 5.92. The summed E-state index contributed by atoms with van der Waals surface area (Å²) in [5.74, 6) is -6.37. The number of amides is 8. The van der Waals surface area contributed by atoms with Gasteiger partial charge in [0.1, 0.15) is 36.3 Å². The van der Waals surface area contributed by atoms with Crippen LogP contribution in [0.2, 0.25) is 0 Å². The first-order valence-electron chi connectivity index (χ1n) is 27.3. The molecule has 0 aliphatic rings. The van der Waals surface area contributed by atoms with Gasteiger partial charge in [0.25, 0.3) is 0 Å². The maximum atomic E-state index is 14.7. The Morgan fingerprint density at radius 1 is 0.585 bits per heavy atom. The molecule has 0 spiro atoms. The Morgan fingerprint density at radius 3 is 1.85 bits per heavy atom. The summed E-state index contributed by atoms with van der Waals surface area (Å²) >= 11 is 0. The summed E-state index contributed by atoms with van der Waals surface area (Å²) in [6, 6.07) is 21.1. The average molecular weight is 1130 g/mol. The monoisotopic (exact) mass is 1120 g/mol. The number of carbonyl (C=O) groups is 8. The van der Waals surface area contributed by atoms with E-state index in [0.717, 1.165) is 21.7 Å². The molecule has 0 saturated heterocycles. The third kappa shape index (κ3) is 19.0. The number of fused-ring (bicyclic) bond motifs is 2. The number of aromatic nitrogens is 3. The standard InChI is InChI=1S/C58H76N16O8/c1-34(2)50(51(61)76)74-57(82)46(26-35-13-4-3-5-14-35)72-54(79)44(19-10-11-23-59)69-49(75)32-67-53(78)48(28-39-30-66-43-18-9-8-17-41(39)43)73-55(80)45(20-12-24-65-58(62)63)70-56(81)47(71-52(77)42(60)29-40-31-64-33-68-40)27-36-21-22-37-15-6-7-16-38(37)25-36/h3-9,13-18,21-22,25,30-31,33-34,42,44-48,50,66H,10-12,19-20,23-24,26-29,32,59-60H2,1-2H3,(H2,61,76)(H,64,68)(H,67,78)(H,69,75)(H,70,81)(H,71,77)(H,72,79)(H,73,80)(H,74,82)(H4,62,63,65)/t42-,44-,45-,46-,47+,48-,50-/m0/s1. The zero-order valence-electron chi connectivity index (χ0n) is 46.1. The van der Waals surface area contributed by atoms with Crippen molar-refractivity contribution in [3.8, 4) is 0 Å². The van der Waals surface area contributed by atoms with E-state index in [0.29, 0.717) is 41.8 Å². The van der Waals surface area contributed by atoms with Crippen molar-refractivity contribution >= 4 is 74.9 Å². The molecule has 0 aliphatic heterocycles. The number of benzene rings is 4. The number of imidazole rings is 1. The Hall–Kier alpha value is -9.16.